The molecule has 0 spiro atoms. The molecule has 0 atom stereocenters. The zero-order chi connectivity index (χ0) is 22.0. The molecular formula is C22H22F2N4O2S. The Morgan fingerprint density at radius 2 is 1.97 bits per heavy atom. The Bertz CT molecular complexity index is 1100. The highest BCUT2D eigenvalue weighted by Crippen LogP contribution is 2.41. The molecule has 1 aliphatic carbocycles. The fourth-order valence-electron chi connectivity index (χ4n) is 3.27. The van der Waals surface area contributed by atoms with Gasteiger partial charge in [-0.05, 0) is 42.7 Å². The van der Waals surface area contributed by atoms with E-state index in [4.69, 9.17) is 4.74 Å². The lowest BCUT2D eigenvalue weighted by atomic mass is 10.2. The second-order valence-corrected chi connectivity index (χ2v) is 8.34. The summed E-state index contributed by atoms with van der Waals surface area (Å²) in [6.07, 6.45) is 1.95. The molecular weight excluding hydrogens is 422 g/mol. The lowest BCUT2D eigenvalue weighted by Crippen LogP contribution is -2.28. The van der Waals surface area contributed by atoms with Gasteiger partial charge in [0.2, 0.25) is 5.91 Å². The summed E-state index contributed by atoms with van der Waals surface area (Å²) < 4.78 is 35.0. The number of hydrogen-bond acceptors (Lipinski definition) is 5. The van der Waals surface area contributed by atoms with E-state index in [2.05, 4.69) is 10.2 Å². The van der Waals surface area contributed by atoms with Crippen molar-refractivity contribution in [2.75, 3.05) is 19.9 Å². The van der Waals surface area contributed by atoms with Crippen molar-refractivity contribution in [3.63, 3.8) is 0 Å². The largest absolute Gasteiger partial charge is 0.494 e. The molecule has 1 fully saturated rings. The number of rotatable bonds is 8. The first-order valence-corrected chi connectivity index (χ1v) is 10.9. The van der Waals surface area contributed by atoms with Crippen molar-refractivity contribution in [2.24, 2.45) is 0 Å². The molecule has 0 radical (unpaired) electrons. The first-order valence-electron chi connectivity index (χ1n) is 9.87. The maximum atomic E-state index is 14.3. The number of carbonyl (C=O) groups is 1. The molecule has 1 saturated carbocycles. The Morgan fingerprint density at radius 1 is 1.19 bits per heavy atom. The molecule has 6 nitrogen and oxygen atoms in total. The van der Waals surface area contributed by atoms with Crippen molar-refractivity contribution in [3.8, 4) is 17.1 Å². The van der Waals surface area contributed by atoms with Crippen LogP contribution in [0.15, 0.2) is 47.6 Å². The minimum Gasteiger partial charge on any atom is -0.494 e. The Hall–Kier alpha value is -2.94. The van der Waals surface area contributed by atoms with Gasteiger partial charge < -0.3 is 9.64 Å². The zero-order valence-corrected chi connectivity index (χ0v) is 18.0. The average molecular weight is 445 g/mol. The third-order valence-electron chi connectivity index (χ3n) is 5.08. The Balaban J connectivity index is 1.44. The molecule has 0 bridgehead atoms. The van der Waals surface area contributed by atoms with Crippen molar-refractivity contribution >= 4 is 17.7 Å². The van der Waals surface area contributed by atoms with Gasteiger partial charge in [0.1, 0.15) is 5.82 Å². The molecule has 0 saturated heterocycles. The predicted molar refractivity (Wildman–Crippen MR) is 114 cm³/mol. The van der Waals surface area contributed by atoms with Gasteiger partial charge in [-0.1, -0.05) is 30.0 Å². The maximum absolute atomic E-state index is 14.3. The number of carbonyl (C=O) groups excluding carboxylic acids is 1. The molecule has 3 aromatic rings. The minimum absolute atomic E-state index is 0.126. The van der Waals surface area contributed by atoms with Crippen LogP contribution in [0.5, 0.6) is 5.75 Å². The van der Waals surface area contributed by atoms with Gasteiger partial charge in [-0.25, -0.2) is 8.78 Å². The van der Waals surface area contributed by atoms with Gasteiger partial charge in [0, 0.05) is 19.6 Å². The van der Waals surface area contributed by atoms with Crippen molar-refractivity contribution in [3.05, 3.63) is 59.7 Å². The van der Waals surface area contributed by atoms with Gasteiger partial charge in [0.25, 0.3) is 0 Å². The summed E-state index contributed by atoms with van der Waals surface area (Å²) in [4.78, 5) is 14.2. The number of benzene rings is 2. The number of thioether (sulfide) groups is 1. The number of halogens is 2. The molecule has 162 valence electrons. The molecule has 0 aliphatic heterocycles. The molecule has 1 aliphatic rings. The highest BCUT2D eigenvalue weighted by molar-refractivity contribution is 7.99. The third-order valence-corrected chi connectivity index (χ3v) is 6.01. The average Bonchev–Trinajstić information content (AvgIpc) is 3.51. The van der Waals surface area contributed by atoms with E-state index in [0.29, 0.717) is 22.1 Å². The van der Waals surface area contributed by atoms with Crippen LogP contribution in [0, 0.1) is 11.6 Å². The van der Waals surface area contributed by atoms with Gasteiger partial charge in [-0.3, -0.25) is 9.36 Å². The zero-order valence-electron chi connectivity index (χ0n) is 17.2. The Morgan fingerprint density at radius 3 is 2.65 bits per heavy atom. The molecule has 0 N–H and O–H groups in total. The van der Waals surface area contributed by atoms with E-state index in [1.54, 1.807) is 37.4 Å². The van der Waals surface area contributed by atoms with E-state index in [9.17, 15) is 13.6 Å². The van der Waals surface area contributed by atoms with E-state index in [1.165, 1.54) is 35.9 Å². The normalized spacial score (nSPS) is 13.3. The van der Waals surface area contributed by atoms with Gasteiger partial charge >= 0.3 is 0 Å². The van der Waals surface area contributed by atoms with Gasteiger partial charge in [-0.2, -0.15) is 0 Å². The summed E-state index contributed by atoms with van der Waals surface area (Å²) >= 11 is 1.27. The van der Waals surface area contributed by atoms with E-state index in [0.717, 1.165) is 12.8 Å². The van der Waals surface area contributed by atoms with Crippen LogP contribution in [0.4, 0.5) is 8.78 Å². The molecule has 4 rings (SSSR count). The number of hydrogen-bond donors (Lipinski definition) is 0. The van der Waals surface area contributed by atoms with Crippen LogP contribution in [0.2, 0.25) is 0 Å². The topological polar surface area (TPSA) is 60.2 Å². The van der Waals surface area contributed by atoms with Gasteiger partial charge in [0.15, 0.2) is 22.5 Å². The predicted octanol–water partition coefficient (Wildman–Crippen LogP) is 4.32. The van der Waals surface area contributed by atoms with Crippen molar-refractivity contribution in [1.29, 1.82) is 0 Å². The fraction of sp³-hybridized carbons (Fsp3) is 0.318. The molecule has 2 aromatic carbocycles. The maximum Gasteiger partial charge on any atom is 0.233 e. The number of ether oxygens (including phenoxy) is 1. The SMILES string of the molecule is COc1ccc(CN(C)C(=O)CSc2nnc(-c3ccccc3F)n2C2CC2)cc1F. The van der Waals surface area contributed by atoms with Crippen LogP contribution in [0.25, 0.3) is 11.4 Å². The van der Waals surface area contributed by atoms with E-state index in [1.807, 2.05) is 4.57 Å². The highest BCUT2D eigenvalue weighted by Gasteiger charge is 2.31. The molecule has 9 heteroatoms. The minimum atomic E-state index is -0.464. The van der Waals surface area contributed by atoms with Crippen LogP contribution >= 0.6 is 11.8 Å². The quantitative estimate of drug-likeness (QED) is 0.485. The summed E-state index contributed by atoms with van der Waals surface area (Å²) in [6.45, 7) is 0.274. The number of nitrogens with zero attached hydrogens (tertiary/aromatic N) is 4. The van der Waals surface area contributed by atoms with Crippen LogP contribution in [0.1, 0.15) is 24.4 Å². The summed E-state index contributed by atoms with van der Waals surface area (Å²) in [5.74, 6) is -0.142. The van der Waals surface area contributed by atoms with Crippen LogP contribution in [0.3, 0.4) is 0 Å². The summed E-state index contributed by atoms with van der Waals surface area (Å²) in [5.41, 5.74) is 1.07. The van der Waals surface area contributed by atoms with Crippen molar-refractivity contribution < 1.29 is 18.3 Å². The van der Waals surface area contributed by atoms with Crippen molar-refractivity contribution in [1.82, 2.24) is 19.7 Å². The fourth-order valence-corrected chi connectivity index (χ4v) is 4.22. The summed E-state index contributed by atoms with van der Waals surface area (Å²) in [7, 11) is 3.07. The van der Waals surface area contributed by atoms with Crippen LogP contribution < -0.4 is 4.74 Å². The Kier molecular flexibility index (Phi) is 6.22. The molecule has 31 heavy (non-hydrogen) atoms. The van der Waals surface area contributed by atoms with Crippen molar-refractivity contribution in [2.45, 2.75) is 30.6 Å². The summed E-state index contributed by atoms with van der Waals surface area (Å²) in [6, 6.07) is 11.3. The number of amides is 1. The highest BCUT2D eigenvalue weighted by atomic mass is 32.2. The second kappa shape index (κ2) is 9.05. The smallest absolute Gasteiger partial charge is 0.233 e. The molecule has 1 amide bonds. The molecule has 1 aromatic heterocycles. The van der Waals surface area contributed by atoms with Crippen LogP contribution in [-0.2, 0) is 11.3 Å². The van der Waals surface area contributed by atoms with Gasteiger partial charge in [0.05, 0.1) is 18.4 Å². The Labute approximate surface area is 183 Å². The number of methoxy groups -OCH3 is 1. The van der Waals surface area contributed by atoms with E-state index >= 15 is 0 Å². The molecule has 0 unspecified atom stereocenters. The number of aromatic nitrogens is 3. The lowest BCUT2D eigenvalue weighted by Gasteiger charge is -2.17. The van der Waals surface area contributed by atoms with Crippen LogP contribution in [-0.4, -0.2) is 45.5 Å². The first-order chi connectivity index (χ1) is 15.0. The van der Waals surface area contributed by atoms with E-state index in [-0.39, 0.29) is 35.8 Å². The first kappa shape index (κ1) is 21.3. The third kappa shape index (κ3) is 4.71. The van der Waals surface area contributed by atoms with Gasteiger partial charge in [-0.15, -0.1) is 10.2 Å². The standard InChI is InChI=1S/C22H22F2N4O2S/c1-27(12-14-7-10-19(30-2)18(24)11-14)20(29)13-31-22-26-25-21(28(22)15-8-9-15)16-5-3-4-6-17(16)23/h3-7,10-11,15H,8-9,12-13H2,1-2H3. The lowest BCUT2D eigenvalue weighted by molar-refractivity contribution is -0.127. The summed E-state index contributed by atoms with van der Waals surface area (Å²) in [5, 5.41) is 9.01. The van der Waals surface area contributed by atoms with E-state index < -0.39 is 5.82 Å². The molecule has 1 heterocycles. The monoisotopic (exact) mass is 444 g/mol. The second-order valence-electron chi connectivity index (χ2n) is 7.39.